The van der Waals surface area contributed by atoms with Crippen molar-refractivity contribution in [2.75, 3.05) is 18.8 Å². The number of carbonyl (C=O) groups is 1. The van der Waals surface area contributed by atoms with Crippen molar-refractivity contribution in [1.29, 1.82) is 0 Å². The Morgan fingerprint density at radius 3 is 2.48 bits per heavy atom. The number of nitrogens with zero attached hydrogens (tertiary/aromatic N) is 4. The van der Waals surface area contributed by atoms with Crippen LogP contribution in [0.5, 0.6) is 0 Å². The number of nitrogens with one attached hydrogen (secondary N) is 1. The summed E-state index contributed by atoms with van der Waals surface area (Å²) in [5.41, 5.74) is 1.72. The van der Waals surface area contributed by atoms with Crippen LogP contribution in [0.1, 0.15) is 76.8 Å². The molecule has 2 unspecified atom stereocenters. The molecular formula is C28H32F3N5O4S2. The number of fused-ring (bicyclic) bond motifs is 2. The molecule has 1 fully saturated rings. The summed E-state index contributed by atoms with van der Waals surface area (Å²) in [4.78, 5) is 28.2. The third kappa shape index (κ3) is 6.21. The number of alkyl halides is 3. The first-order valence-electron chi connectivity index (χ1n) is 13.7. The van der Waals surface area contributed by atoms with Crippen molar-refractivity contribution in [2.45, 2.75) is 75.4 Å². The van der Waals surface area contributed by atoms with Gasteiger partial charge in [-0.15, -0.1) is 11.3 Å². The van der Waals surface area contributed by atoms with Gasteiger partial charge in [0.2, 0.25) is 5.82 Å². The fourth-order valence-corrected chi connectivity index (χ4v) is 7.64. The standard InChI is InChI=1S/C28H32F3N5O4S2/c1-4-42(38,39)22-6-5-21(32-16-22)15-33-25(37)23-12-19-11-17(2)40-27(24(19)41-23)7-9-36(10-8-27)18(3)20-13-34-26(35-14-20)28(29,30)31/h5-6,12-14,16-18H,4,7-11,15H2,1-3H3,(H,33,37). The van der Waals surface area contributed by atoms with Gasteiger partial charge in [-0.1, -0.05) is 6.92 Å². The molecule has 1 spiro atoms. The van der Waals surface area contributed by atoms with E-state index in [-0.39, 0.29) is 35.2 Å². The maximum absolute atomic E-state index is 13.1. The maximum Gasteiger partial charge on any atom is 0.451 e. The van der Waals surface area contributed by atoms with Gasteiger partial charge in [-0.3, -0.25) is 14.7 Å². The van der Waals surface area contributed by atoms with Crippen LogP contribution < -0.4 is 5.32 Å². The molecule has 1 saturated heterocycles. The predicted molar refractivity (Wildman–Crippen MR) is 150 cm³/mol. The summed E-state index contributed by atoms with van der Waals surface area (Å²) in [7, 11) is -3.34. The van der Waals surface area contributed by atoms with Crippen molar-refractivity contribution >= 4 is 27.1 Å². The highest BCUT2D eigenvalue weighted by Gasteiger charge is 2.45. The SMILES string of the molecule is CCS(=O)(=O)c1ccc(CNC(=O)c2cc3c(s2)C2(CCN(C(C)c4cnc(C(F)(F)F)nc4)CC2)OC(C)C3)nc1. The number of piperidine rings is 1. The summed E-state index contributed by atoms with van der Waals surface area (Å²) in [5.74, 6) is -1.40. The average molecular weight is 624 g/mol. The van der Waals surface area contributed by atoms with Crippen LogP contribution in [0.4, 0.5) is 13.2 Å². The minimum atomic E-state index is -4.58. The number of carbonyl (C=O) groups excluding carboxylic acids is 1. The summed E-state index contributed by atoms with van der Waals surface area (Å²) in [6.45, 7) is 6.99. The summed E-state index contributed by atoms with van der Waals surface area (Å²) in [5, 5.41) is 2.88. The van der Waals surface area contributed by atoms with E-state index in [2.05, 4.69) is 25.2 Å². The van der Waals surface area contributed by atoms with E-state index in [1.54, 1.807) is 13.0 Å². The minimum absolute atomic E-state index is 0.0111. The van der Waals surface area contributed by atoms with E-state index >= 15 is 0 Å². The van der Waals surface area contributed by atoms with Crippen LogP contribution in [0.2, 0.25) is 0 Å². The second kappa shape index (κ2) is 11.6. The molecule has 3 aromatic heterocycles. The quantitative estimate of drug-likeness (QED) is 0.403. The minimum Gasteiger partial charge on any atom is -0.366 e. The van der Waals surface area contributed by atoms with Gasteiger partial charge >= 0.3 is 6.18 Å². The van der Waals surface area contributed by atoms with Crippen LogP contribution in [-0.2, 0) is 39.3 Å². The van der Waals surface area contributed by atoms with E-state index in [1.165, 1.54) is 36.0 Å². The monoisotopic (exact) mass is 623 g/mol. The molecule has 0 aliphatic carbocycles. The van der Waals surface area contributed by atoms with E-state index in [0.717, 1.165) is 10.4 Å². The van der Waals surface area contributed by atoms with E-state index in [4.69, 9.17) is 4.74 Å². The second-order valence-corrected chi connectivity index (χ2v) is 14.0. The zero-order valence-corrected chi connectivity index (χ0v) is 25.1. The van der Waals surface area contributed by atoms with Gasteiger partial charge in [0.15, 0.2) is 9.84 Å². The highest BCUT2D eigenvalue weighted by molar-refractivity contribution is 7.91. The number of aromatic nitrogens is 3. The number of likely N-dealkylation sites (tertiary alicyclic amines) is 1. The molecule has 1 amide bonds. The first-order valence-corrected chi connectivity index (χ1v) is 16.2. The molecule has 0 radical (unpaired) electrons. The Balaban J connectivity index is 1.25. The zero-order chi connectivity index (χ0) is 30.3. The van der Waals surface area contributed by atoms with Crippen LogP contribution in [0.25, 0.3) is 0 Å². The molecule has 3 aromatic rings. The predicted octanol–water partition coefficient (Wildman–Crippen LogP) is 4.69. The first-order chi connectivity index (χ1) is 19.8. The maximum atomic E-state index is 13.1. The Labute approximate surface area is 246 Å². The zero-order valence-electron chi connectivity index (χ0n) is 23.4. The van der Waals surface area contributed by atoms with Gasteiger partial charge in [0.1, 0.15) is 5.60 Å². The van der Waals surface area contributed by atoms with Gasteiger partial charge in [-0.25, -0.2) is 18.4 Å². The largest absolute Gasteiger partial charge is 0.451 e. The van der Waals surface area contributed by atoms with E-state index < -0.39 is 27.4 Å². The number of sulfone groups is 1. The van der Waals surface area contributed by atoms with Crippen molar-refractivity contribution < 1.29 is 31.1 Å². The fraction of sp³-hybridized carbons (Fsp3) is 0.500. The topological polar surface area (TPSA) is 114 Å². The summed E-state index contributed by atoms with van der Waals surface area (Å²) in [6, 6.07) is 4.85. The lowest BCUT2D eigenvalue weighted by Gasteiger charge is -2.47. The Kier molecular flexibility index (Phi) is 8.45. The number of ether oxygens (including phenoxy) is 1. The highest BCUT2D eigenvalue weighted by atomic mass is 32.2. The van der Waals surface area contributed by atoms with Gasteiger partial charge in [-0.2, -0.15) is 13.2 Å². The molecule has 2 aliphatic rings. The third-order valence-corrected chi connectivity index (χ3v) is 11.0. The summed E-state index contributed by atoms with van der Waals surface area (Å²) >= 11 is 1.42. The Hall–Kier alpha value is -2.94. The molecule has 2 atom stereocenters. The van der Waals surface area contributed by atoms with Crippen molar-refractivity contribution in [3.05, 3.63) is 69.2 Å². The van der Waals surface area contributed by atoms with Crippen LogP contribution in [0.3, 0.4) is 0 Å². The number of halogens is 3. The molecule has 0 saturated carbocycles. The Bertz CT molecular complexity index is 1530. The molecule has 5 heterocycles. The van der Waals surface area contributed by atoms with Gasteiger partial charge in [0, 0.05) is 48.2 Å². The summed E-state index contributed by atoms with van der Waals surface area (Å²) < 4.78 is 69.2. The van der Waals surface area contributed by atoms with E-state index in [0.29, 0.717) is 48.5 Å². The highest BCUT2D eigenvalue weighted by Crippen LogP contribution is 2.48. The molecule has 226 valence electrons. The van der Waals surface area contributed by atoms with E-state index in [1.807, 2.05) is 19.9 Å². The normalized spacial score (nSPS) is 19.8. The van der Waals surface area contributed by atoms with Crippen LogP contribution >= 0.6 is 11.3 Å². The molecule has 2 aliphatic heterocycles. The number of rotatable bonds is 7. The fourth-order valence-electron chi connectivity index (χ4n) is 5.52. The third-order valence-electron chi connectivity index (χ3n) is 7.91. The molecule has 0 bridgehead atoms. The Morgan fingerprint density at radius 1 is 1.19 bits per heavy atom. The number of thiophene rings is 1. The van der Waals surface area contributed by atoms with Gasteiger partial charge < -0.3 is 10.1 Å². The number of hydrogen-bond donors (Lipinski definition) is 1. The molecule has 42 heavy (non-hydrogen) atoms. The van der Waals surface area contributed by atoms with Gasteiger partial charge in [0.25, 0.3) is 5.91 Å². The molecule has 9 nitrogen and oxygen atoms in total. The van der Waals surface area contributed by atoms with Crippen molar-refractivity contribution in [3.63, 3.8) is 0 Å². The number of pyridine rings is 1. The average Bonchev–Trinajstić information content (AvgIpc) is 3.41. The molecule has 14 heteroatoms. The van der Waals surface area contributed by atoms with Crippen LogP contribution in [-0.4, -0.2) is 59.1 Å². The lowest BCUT2D eigenvalue weighted by molar-refractivity contribution is -0.145. The molecular weight excluding hydrogens is 591 g/mol. The van der Waals surface area contributed by atoms with Crippen LogP contribution in [0.15, 0.2) is 41.7 Å². The molecule has 0 aromatic carbocycles. The molecule has 1 N–H and O–H groups in total. The van der Waals surface area contributed by atoms with Crippen molar-refractivity contribution in [1.82, 2.24) is 25.2 Å². The summed E-state index contributed by atoms with van der Waals surface area (Å²) in [6.07, 6.45) is 1.22. The van der Waals surface area contributed by atoms with Crippen molar-refractivity contribution in [2.24, 2.45) is 0 Å². The lowest BCUT2D eigenvalue weighted by Crippen LogP contribution is -2.48. The number of amides is 1. The van der Waals surface area contributed by atoms with E-state index in [9.17, 15) is 26.4 Å². The number of hydrogen-bond acceptors (Lipinski definition) is 9. The second-order valence-electron chi connectivity index (χ2n) is 10.7. The lowest BCUT2D eigenvalue weighted by atomic mass is 9.83. The smallest absolute Gasteiger partial charge is 0.366 e. The van der Waals surface area contributed by atoms with Crippen molar-refractivity contribution in [3.8, 4) is 0 Å². The molecule has 5 rings (SSSR count). The Morgan fingerprint density at radius 2 is 1.88 bits per heavy atom. The van der Waals surface area contributed by atoms with Crippen LogP contribution in [0, 0.1) is 0 Å². The van der Waals surface area contributed by atoms with Gasteiger partial charge in [-0.05, 0) is 56.9 Å². The van der Waals surface area contributed by atoms with Gasteiger partial charge in [0.05, 0.1) is 33.9 Å². The first kappa shape index (κ1) is 30.5.